The fraction of sp³-hybridized carbons (Fsp3) is 0.500. The van der Waals surface area contributed by atoms with Crippen LogP contribution in [0.4, 0.5) is 0 Å². The van der Waals surface area contributed by atoms with Crippen molar-refractivity contribution < 1.29 is 14.6 Å². The third-order valence-electron chi connectivity index (χ3n) is 2.98. The Bertz CT molecular complexity index is 435. The van der Waals surface area contributed by atoms with E-state index in [0.29, 0.717) is 17.7 Å². The molecule has 0 aliphatic rings. The molecule has 0 aliphatic carbocycles. The summed E-state index contributed by atoms with van der Waals surface area (Å²) in [6.45, 7) is 4.09. The van der Waals surface area contributed by atoms with Crippen LogP contribution in [0.15, 0.2) is 22.7 Å². The molecule has 0 bridgehead atoms. The standard InChI is InChI=1S/C14H20BrNO3/c1-9(2)13(6-7-17)16-14(18)11-8-10(19-3)4-5-12(11)15/h4-5,8-9,13,17H,6-7H2,1-3H3,(H,16,18). The lowest BCUT2D eigenvalue weighted by molar-refractivity contribution is 0.0915. The third-order valence-corrected chi connectivity index (χ3v) is 3.67. The highest BCUT2D eigenvalue weighted by Gasteiger charge is 2.18. The van der Waals surface area contributed by atoms with Crippen molar-refractivity contribution in [3.8, 4) is 5.75 Å². The molecule has 0 spiro atoms. The minimum absolute atomic E-state index is 0.0457. The average molecular weight is 330 g/mol. The van der Waals surface area contributed by atoms with Crippen LogP contribution in [0.3, 0.4) is 0 Å². The van der Waals surface area contributed by atoms with Gasteiger partial charge in [-0.1, -0.05) is 13.8 Å². The summed E-state index contributed by atoms with van der Waals surface area (Å²) < 4.78 is 5.84. The fourth-order valence-corrected chi connectivity index (χ4v) is 2.19. The molecule has 0 aromatic heterocycles. The number of ether oxygens (including phenoxy) is 1. The lowest BCUT2D eigenvalue weighted by Crippen LogP contribution is -2.39. The van der Waals surface area contributed by atoms with Crippen molar-refractivity contribution in [2.24, 2.45) is 5.92 Å². The first kappa shape index (κ1) is 16.0. The largest absolute Gasteiger partial charge is 0.497 e. The van der Waals surface area contributed by atoms with Crippen molar-refractivity contribution in [3.63, 3.8) is 0 Å². The van der Waals surface area contributed by atoms with E-state index in [4.69, 9.17) is 9.84 Å². The van der Waals surface area contributed by atoms with Crippen LogP contribution in [-0.2, 0) is 0 Å². The summed E-state index contributed by atoms with van der Waals surface area (Å²) in [4.78, 5) is 12.2. The van der Waals surface area contributed by atoms with Crippen LogP contribution >= 0.6 is 15.9 Å². The van der Waals surface area contributed by atoms with E-state index in [2.05, 4.69) is 21.2 Å². The molecule has 0 heterocycles. The first-order chi connectivity index (χ1) is 8.99. The minimum atomic E-state index is -0.169. The Kier molecular flexibility index (Phi) is 6.31. The Morgan fingerprint density at radius 1 is 1.47 bits per heavy atom. The molecule has 4 nitrogen and oxygen atoms in total. The van der Waals surface area contributed by atoms with Gasteiger partial charge in [0.05, 0.1) is 12.7 Å². The van der Waals surface area contributed by atoms with Gasteiger partial charge in [0.1, 0.15) is 5.75 Å². The highest BCUT2D eigenvalue weighted by atomic mass is 79.9. The van der Waals surface area contributed by atoms with E-state index in [1.54, 1.807) is 25.3 Å². The highest BCUT2D eigenvalue weighted by molar-refractivity contribution is 9.10. The number of benzene rings is 1. The zero-order valence-electron chi connectivity index (χ0n) is 11.4. The Morgan fingerprint density at radius 2 is 2.16 bits per heavy atom. The van der Waals surface area contributed by atoms with E-state index in [1.165, 1.54) is 0 Å². The first-order valence-corrected chi connectivity index (χ1v) is 7.04. The van der Waals surface area contributed by atoms with Crippen molar-refractivity contribution in [1.82, 2.24) is 5.32 Å². The molecule has 1 amide bonds. The maximum atomic E-state index is 12.2. The van der Waals surface area contributed by atoms with E-state index in [1.807, 2.05) is 13.8 Å². The number of rotatable bonds is 6. The quantitative estimate of drug-likeness (QED) is 0.843. The van der Waals surface area contributed by atoms with Gasteiger partial charge >= 0.3 is 0 Å². The number of carbonyl (C=O) groups excluding carboxylic acids is 1. The number of halogens is 1. The summed E-state index contributed by atoms with van der Waals surface area (Å²) in [5.74, 6) is 0.731. The summed E-state index contributed by atoms with van der Waals surface area (Å²) in [5.41, 5.74) is 0.530. The molecule has 0 saturated carbocycles. The zero-order valence-corrected chi connectivity index (χ0v) is 13.0. The lowest BCUT2D eigenvalue weighted by Gasteiger charge is -2.22. The number of methoxy groups -OCH3 is 1. The van der Waals surface area contributed by atoms with Crippen molar-refractivity contribution in [2.75, 3.05) is 13.7 Å². The third kappa shape index (κ3) is 4.51. The molecule has 0 aliphatic heterocycles. The van der Waals surface area contributed by atoms with Gasteiger partial charge < -0.3 is 15.2 Å². The Morgan fingerprint density at radius 3 is 2.68 bits per heavy atom. The second kappa shape index (κ2) is 7.50. The minimum Gasteiger partial charge on any atom is -0.497 e. The monoisotopic (exact) mass is 329 g/mol. The van der Waals surface area contributed by atoms with Gasteiger partial charge in [-0.15, -0.1) is 0 Å². The van der Waals surface area contributed by atoms with Gasteiger partial charge in [-0.05, 0) is 46.5 Å². The number of amides is 1. The Hall–Kier alpha value is -1.07. The van der Waals surface area contributed by atoms with Gasteiger partial charge in [0.25, 0.3) is 5.91 Å². The van der Waals surface area contributed by atoms with Crippen LogP contribution in [0.2, 0.25) is 0 Å². The SMILES string of the molecule is COc1ccc(Br)c(C(=O)NC(CCO)C(C)C)c1. The van der Waals surface area contributed by atoms with Crippen LogP contribution in [-0.4, -0.2) is 30.8 Å². The summed E-state index contributed by atoms with van der Waals surface area (Å²) in [7, 11) is 1.56. The predicted octanol–water partition coefficient (Wildman–Crippen LogP) is 2.59. The Balaban J connectivity index is 2.87. The number of aliphatic hydroxyl groups excluding tert-OH is 1. The Labute approximate surface area is 122 Å². The topological polar surface area (TPSA) is 58.6 Å². The molecule has 1 aromatic carbocycles. The second-order valence-electron chi connectivity index (χ2n) is 4.68. The van der Waals surface area contributed by atoms with Crippen LogP contribution in [0.25, 0.3) is 0 Å². The summed E-state index contributed by atoms with van der Waals surface area (Å²) in [5, 5.41) is 12.0. The molecular weight excluding hydrogens is 310 g/mol. The predicted molar refractivity (Wildman–Crippen MR) is 78.5 cm³/mol. The molecule has 1 unspecified atom stereocenters. The van der Waals surface area contributed by atoms with Gasteiger partial charge in [-0.3, -0.25) is 4.79 Å². The zero-order chi connectivity index (χ0) is 14.4. The molecular formula is C14H20BrNO3. The van der Waals surface area contributed by atoms with Crippen molar-refractivity contribution in [2.45, 2.75) is 26.3 Å². The second-order valence-corrected chi connectivity index (χ2v) is 5.54. The summed E-state index contributed by atoms with van der Waals surface area (Å²) in [6.07, 6.45) is 0.547. The smallest absolute Gasteiger partial charge is 0.252 e. The summed E-state index contributed by atoms with van der Waals surface area (Å²) in [6, 6.07) is 5.21. The summed E-state index contributed by atoms with van der Waals surface area (Å²) >= 11 is 3.36. The van der Waals surface area contributed by atoms with E-state index in [-0.39, 0.29) is 24.5 Å². The number of aliphatic hydroxyl groups is 1. The lowest BCUT2D eigenvalue weighted by atomic mass is 10.0. The molecule has 0 saturated heterocycles. The number of hydrogen-bond donors (Lipinski definition) is 2. The molecule has 19 heavy (non-hydrogen) atoms. The molecule has 0 radical (unpaired) electrons. The molecule has 0 fully saturated rings. The van der Waals surface area contributed by atoms with Crippen molar-refractivity contribution >= 4 is 21.8 Å². The van der Waals surface area contributed by atoms with Gasteiger partial charge in [0.2, 0.25) is 0 Å². The molecule has 2 N–H and O–H groups in total. The van der Waals surface area contributed by atoms with E-state index >= 15 is 0 Å². The van der Waals surface area contributed by atoms with Gasteiger partial charge in [-0.25, -0.2) is 0 Å². The normalized spacial score (nSPS) is 12.3. The molecule has 1 rings (SSSR count). The van der Waals surface area contributed by atoms with Gasteiger partial charge in [0.15, 0.2) is 0 Å². The maximum Gasteiger partial charge on any atom is 0.252 e. The van der Waals surface area contributed by atoms with Crippen molar-refractivity contribution in [3.05, 3.63) is 28.2 Å². The fourth-order valence-electron chi connectivity index (χ4n) is 1.76. The molecule has 5 heteroatoms. The highest BCUT2D eigenvalue weighted by Crippen LogP contribution is 2.22. The molecule has 1 aromatic rings. The van der Waals surface area contributed by atoms with E-state index in [9.17, 15) is 4.79 Å². The van der Waals surface area contributed by atoms with E-state index < -0.39 is 0 Å². The number of carbonyl (C=O) groups is 1. The van der Waals surface area contributed by atoms with E-state index in [0.717, 1.165) is 4.47 Å². The number of nitrogens with one attached hydrogen (secondary N) is 1. The van der Waals surface area contributed by atoms with Crippen LogP contribution in [0, 0.1) is 5.92 Å². The maximum absolute atomic E-state index is 12.2. The van der Waals surface area contributed by atoms with Crippen LogP contribution in [0.1, 0.15) is 30.6 Å². The van der Waals surface area contributed by atoms with Crippen molar-refractivity contribution in [1.29, 1.82) is 0 Å². The molecule has 106 valence electrons. The first-order valence-electron chi connectivity index (χ1n) is 6.24. The van der Waals surface area contributed by atoms with Crippen LogP contribution in [0.5, 0.6) is 5.75 Å². The van der Waals surface area contributed by atoms with Gasteiger partial charge in [-0.2, -0.15) is 0 Å². The average Bonchev–Trinajstić information content (AvgIpc) is 2.38. The number of hydrogen-bond acceptors (Lipinski definition) is 3. The van der Waals surface area contributed by atoms with Crippen LogP contribution < -0.4 is 10.1 Å². The molecule has 1 atom stereocenters. The van der Waals surface area contributed by atoms with Gasteiger partial charge in [0, 0.05) is 17.1 Å².